The molecule has 0 aromatic heterocycles. The fraction of sp³-hybridized carbons (Fsp3) is 0.133. The molecule has 2 aromatic rings. The molecule has 2 aromatic carbocycles. The van der Waals surface area contributed by atoms with Gasteiger partial charge in [0.2, 0.25) is 0 Å². The second-order valence-electron chi connectivity index (χ2n) is 4.14. The van der Waals surface area contributed by atoms with E-state index >= 15 is 0 Å². The molecule has 1 atom stereocenters. The summed E-state index contributed by atoms with van der Waals surface area (Å²) >= 11 is 0. The highest BCUT2D eigenvalue weighted by molar-refractivity contribution is 5.81. The average molecular weight is 277 g/mol. The van der Waals surface area contributed by atoms with Gasteiger partial charge in [-0.3, -0.25) is 0 Å². The molecule has 0 spiro atoms. The van der Waals surface area contributed by atoms with Crippen LogP contribution in [0.5, 0.6) is 0 Å². The van der Waals surface area contributed by atoms with Crippen LogP contribution in [-0.4, -0.2) is 13.1 Å². The van der Waals surface area contributed by atoms with Gasteiger partial charge in [0.15, 0.2) is 6.04 Å². The van der Waals surface area contributed by atoms with Crippen molar-refractivity contribution < 1.29 is 18.3 Å². The zero-order valence-electron chi connectivity index (χ0n) is 10.8. The Morgan fingerprint density at radius 3 is 2.55 bits per heavy atom. The van der Waals surface area contributed by atoms with Gasteiger partial charge in [-0.15, -0.1) is 0 Å². The standard InChI is InChI=1S/C15H13F2NO2/c1-20-15(19)14(10-5-4-6-11(16)9-10)18-13-8-3-2-7-12(13)17/h2-9,14,18H,1H3. The summed E-state index contributed by atoms with van der Waals surface area (Å²) in [5.74, 6) is -1.61. The van der Waals surface area contributed by atoms with Crippen LogP contribution < -0.4 is 5.32 Å². The van der Waals surface area contributed by atoms with E-state index in [0.29, 0.717) is 5.56 Å². The maximum absolute atomic E-state index is 13.6. The second-order valence-corrected chi connectivity index (χ2v) is 4.14. The van der Waals surface area contributed by atoms with Crippen LogP contribution in [0.15, 0.2) is 48.5 Å². The number of para-hydroxylation sites is 1. The number of benzene rings is 2. The quantitative estimate of drug-likeness (QED) is 0.871. The van der Waals surface area contributed by atoms with Gasteiger partial charge < -0.3 is 10.1 Å². The number of hydrogen-bond acceptors (Lipinski definition) is 3. The van der Waals surface area contributed by atoms with Crippen LogP contribution in [0.3, 0.4) is 0 Å². The van der Waals surface area contributed by atoms with Crippen molar-refractivity contribution in [2.45, 2.75) is 6.04 Å². The highest BCUT2D eigenvalue weighted by Gasteiger charge is 2.22. The number of nitrogens with one attached hydrogen (secondary N) is 1. The van der Waals surface area contributed by atoms with Gasteiger partial charge in [-0.1, -0.05) is 24.3 Å². The van der Waals surface area contributed by atoms with E-state index in [1.54, 1.807) is 12.1 Å². The molecule has 20 heavy (non-hydrogen) atoms. The van der Waals surface area contributed by atoms with E-state index < -0.39 is 23.6 Å². The predicted octanol–water partition coefficient (Wildman–Crippen LogP) is 3.29. The Balaban J connectivity index is 2.34. The number of hydrogen-bond donors (Lipinski definition) is 1. The Bertz CT molecular complexity index is 616. The molecular weight excluding hydrogens is 264 g/mol. The van der Waals surface area contributed by atoms with Gasteiger partial charge in [-0.05, 0) is 29.8 Å². The zero-order chi connectivity index (χ0) is 14.5. The number of esters is 1. The van der Waals surface area contributed by atoms with Gasteiger partial charge in [-0.2, -0.15) is 0 Å². The van der Waals surface area contributed by atoms with E-state index in [9.17, 15) is 13.6 Å². The molecule has 0 saturated heterocycles. The summed E-state index contributed by atoms with van der Waals surface area (Å²) in [6.07, 6.45) is 0. The fourth-order valence-corrected chi connectivity index (χ4v) is 1.82. The highest BCUT2D eigenvalue weighted by Crippen LogP contribution is 2.23. The molecule has 2 rings (SSSR count). The van der Waals surface area contributed by atoms with E-state index in [2.05, 4.69) is 10.1 Å². The monoisotopic (exact) mass is 277 g/mol. The normalized spacial score (nSPS) is 11.8. The first kappa shape index (κ1) is 14.0. The summed E-state index contributed by atoms with van der Waals surface area (Å²) in [4.78, 5) is 11.8. The number of anilines is 1. The van der Waals surface area contributed by atoms with Gasteiger partial charge in [0.05, 0.1) is 12.8 Å². The van der Waals surface area contributed by atoms with Crippen molar-refractivity contribution in [3.63, 3.8) is 0 Å². The number of rotatable bonds is 4. The van der Waals surface area contributed by atoms with E-state index in [1.807, 2.05) is 0 Å². The molecule has 0 radical (unpaired) electrons. The summed E-state index contributed by atoms with van der Waals surface area (Å²) in [7, 11) is 1.22. The van der Waals surface area contributed by atoms with Crippen LogP contribution in [0, 0.1) is 11.6 Å². The molecule has 0 aliphatic rings. The van der Waals surface area contributed by atoms with E-state index in [0.717, 1.165) is 0 Å². The molecule has 3 nitrogen and oxygen atoms in total. The summed E-state index contributed by atoms with van der Waals surface area (Å²) in [6, 6.07) is 10.5. The Kier molecular flexibility index (Phi) is 4.30. The largest absolute Gasteiger partial charge is 0.467 e. The van der Waals surface area contributed by atoms with Crippen molar-refractivity contribution in [3.05, 3.63) is 65.7 Å². The molecule has 0 aliphatic heterocycles. The lowest BCUT2D eigenvalue weighted by molar-refractivity contribution is -0.141. The Morgan fingerprint density at radius 1 is 1.15 bits per heavy atom. The van der Waals surface area contributed by atoms with Gasteiger partial charge in [-0.25, -0.2) is 13.6 Å². The SMILES string of the molecule is COC(=O)C(Nc1ccccc1F)c1cccc(F)c1. The Hall–Kier alpha value is -2.43. The van der Waals surface area contributed by atoms with E-state index in [1.165, 1.54) is 43.5 Å². The number of methoxy groups -OCH3 is 1. The number of ether oxygens (including phenoxy) is 1. The van der Waals surface area contributed by atoms with Crippen molar-refractivity contribution in [1.29, 1.82) is 0 Å². The zero-order valence-corrected chi connectivity index (χ0v) is 10.8. The molecule has 0 bridgehead atoms. The summed E-state index contributed by atoms with van der Waals surface area (Å²) in [5, 5.41) is 2.73. The third kappa shape index (κ3) is 3.12. The van der Waals surface area contributed by atoms with Crippen LogP contribution in [0.1, 0.15) is 11.6 Å². The number of carbonyl (C=O) groups excluding carboxylic acids is 1. The van der Waals surface area contributed by atoms with Crippen molar-refractivity contribution in [1.82, 2.24) is 0 Å². The van der Waals surface area contributed by atoms with Crippen LogP contribution in [-0.2, 0) is 9.53 Å². The molecule has 0 amide bonds. The fourth-order valence-electron chi connectivity index (χ4n) is 1.82. The maximum Gasteiger partial charge on any atom is 0.332 e. The minimum absolute atomic E-state index is 0.146. The third-order valence-electron chi connectivity index (χ3n) is 2.79. The third-order valence-corrected chi connectivity index (χ3v) is 2.79. The minimum Gasteiger partial charge on any atom is -0.467 e. The number of halogens is 2. The lowest BCUT2D eigenvalue weighted by Crippen LogP contribution is -2.23. The van der Waals surface area contributed by atoms with E-state index in [-0.39, 0.29) is 5.69 Å². The minimum atomic E-state index is -0.979. The summed E-state index contributed by atoms with van der Waals surface area (Å²) in [5.41, 5.74) is 0.507. The molecule has 0 heterocycles. The average Bonchev–Trinajstić information content (AvgIpc) is 2.45. The lowest BCUT2D eigenvalue weighted by Gasteiger charge is -2.18. The van der Waals surface area contributed by atoms with Crippen molar-refractivity contribution in [2.24, 2.45) is 0 Å². The van der Waals surface area contributed by atoms with Gasteiger partial charge in [0.1, 0.15) is 11.6 Å². The van der Waals surface area contributed by atoms with E-state index in [4.69, 9.17) is 0 Å². The molecule has 0 aliphatic carbocycles. The maximum atomic E-state index is 13.6. The van der Waals surface area contributed by atoms with Crippen molar-refractivity contribution in [2.75, 3.05) is 12.4 Å². The first-order valence-corrected chi connectivity index (χ1v) is 5.96. The summed E-state index contributed by atoms with van der Waals surface area (Å²) < 4.78 is 31.6. The molecule has 1 N–H and O–H groups in total. The Labute approximate surface area is 115 Å². The second kappa shape index (κ2) is 6.14. The van der Waals surface area contributed by atoms with Crippen molar-refractivity contribution >= 4 is 11.7 Å². The van der Waals surface area contributed by atoms with Crippen LogP contribution in [0.25, 0.3) is 0 Å². The van der Waals surface area contributed by atoms with Crippen LogP contribution >= 0.6 is 0 Å². The molecule has 5 heteroatoms. The van der Waals surface area contributed by atoms with Crippen LogP contribution in [0.4, 0.5) is 14.5 Å². The van der Waals surface area contributed by atoms with Crippen LogP contribution in [0.2, 0.25) is 0 Å². The number of carbonyl (C=O) groups is 1. The predicted molar refractivity (Wildman–Crippen MR) is 71.2 cm³/mol. The van der Waals surface area contributed by atoms with Crippen molar-refractivity contribution in [3.8, 4) is 0 Å². The summed E-state index contributed by atoms with van der Waals surface area (Å²) in [6.45, 7) is 0. The molecule has 104 valence electrons. The molecule has 1 unspecified atom stereocenters. The first-order valence-electron chi connectivity index (χ1n) is 5.96. The highest BCUT2D eigenvalue weighted by atomic mass is 19.1. The lowest BCUT2D eigenvalue weighted by atomic mass is 10.1. The first-order chi connectivity index (χ1) is 9.61. The molecule has 0 saturated carbocycles. The smallest absolute Gasteiger partial charge is 0.332 e. The molecular formula is C15H13F2NO2. The topological polar surface area (TPSA) is 38.3 Å². The van der Waals surface area contributed by atoms with Gasteiger partial charge >= 0.3 is 5.97 Å². The molecule has 0 fully saturated rings. The van der Waals surface area contributed by atoms with Gasteiger partial charge in [0, 0.05) is 0 Å². The van der Waals surface area contributed by atoms with Gasteiger partial charge in [0.25, 0.3) is 0 Å². The Morgan fingerprint density at radius 2 is 1.90 bits per heavy atom.